The lowest BCUT2D eigenvalue weighted by atomic mass is 9.90. The van der Waals surface area contributed by atoms with Crippen LogP contribution in [0.3, 0.4) is 0 Å². The molecule has 2 unspecified atom stereocenters. The summed E-state index contributed by atoms with van der Waals surface area (Å²) in [5.74, 6) is 0.515. The first kappa shape index (κ1) is 12.9. The van der Waals surface area contributed by atoms with Crippen LogP contribution in [0, 0.1) is 5.92 Å². The first-order valence-electron chi connectivity index (χ1n) is 6.05. The van der Waals surface area contributed by atoms with Gasteiger partial charge in [-0.2, -0.15) is 0 Å². The normalized spacial score (nSPS) is 24.8. The van der Waals surface area contributed by atoms with Crippen LogP contribution in [0.25, 0.3) is 0 Å². The average molecular weight is 218 g/mol. The number of hydrogen-bond donors (Lipinski definition) is 1. The Hall–Kier alpha value is -0.150. The van der Waals surface area contributed by atoms with Crippen molar-refractivity contribution < 1.29 is 14.2 Å². The van der Waals surface area contributed by atoms with Gasteiger partial charge in [0, 0.05) is 0 Å². The molecule has 0 amide bonds. The van der Waals surface area contributed by atoms with E-state index in [9.17, 15) is 9.50 Å². The SMILES string of the molecule is CCC(C)(F)C(O)OCC1CCCCC1. The molecule has 0 radical (unpaired) electrons. The van der Waals surface area contributed by atoms with Gasteiger partial charge in [0.15, 0.2) is 12.0 Å². The molecule has 1 saturated carbocycles. The molecule has 2 nitrogen and oxygen atoms in total. The van der Waals surface area contributed by atoms with E-state index in [-0.39, 0.29) is 6.42 Å². The molecule has 90 valence electrons. The van der Waals surface area contributed by atoms with Crippen LogP contribution in [0.1, 0.15) is 52.4 Å². The van der Waals surface area contributed by atoms with E-state index in [0.717, 1.165) is 12.8 Å². The average Bonchev–Trinajstić information content (AvgIpc) is 2.27. The second-order valence-corrected chi connectivity index (χ2v) is 4.82. The molecule has 0 spiro atoms. The largest absolute Gasteiger partial charge is 0.365 e. The summed E-state index contributed by atoms with van der Waals surface area (Å²) in [5.41, 5.74) is -1.62. The van der Waals surface area contributed by atoms with E-state index >= 15 is 0 Å². The molecule has 1 rings (SSSR count). The highest BCUT2D eigenvalue weighted by atomic mass is 19.1. The smallest absolute Gasteiger partial charge is 0.188 e. The maximum Gasteiger partial charge on any atom is 0.188 e. The summed E-state index contributed by atoms with van der Waals surface area (Å²) in [7, 11) is 0. The Balaban J connectivity index is 2.23. The van der Waals surface area contributed by atoms with Crippen molar-refractivity contribution >= 4 is 0 Å². The highest BCUT2D eigenvalue weighted by Gasteiger charge is 2.32. The predicted octanol–water partition coefficient (Wildman–Crippen LogP) is 3.04. The molecule has 0 aliphatic heterocycles. The van der Waals surface area contributed by atoms with Gasteiger partial charge >= 0.3 is 0 Å². The third-order valence-corrected chi connectivity index (χ3v) is 3.42. The molecule has 1 N–H and O–H groups in total. The summed E-state index contributed by atoms with van der Waals surface area (Å²) >= 11 is 0. The third kappa shape index (κ3) is 4.07. The van der Waals surface area contributed by atoms with Crippen molar-refractivity contribution in [2.75, 3.05) is 6.61 Å². The zero-order chi connectivity index (χ0) is 11.3. The van der Waals surface area contributed by atoms with Gasteiger partial charge in [0.25, 0.3) is 0 Å². The summed E-state index contributed by atoms with van der Waals surface area (Å²) in [5, 5.41) is 9.51. The Labute approximate surface area is 91.8 Å². The van der Waals surface area contributed by atoms with Crippen molar-refractivity contribution in [2.24, 2.45) is 5.92 Å². The number of ether oxygens (including phenoxy) is 1. The molecule has 3 heteroatoms. The number of rotatable bonds is 5. The first-order valence-corrected chi connectivity index (χ1v) is 6.05. The summed E-state index contributed by atoms with van der Waals surface area (Å²) in [6.45, 7) is 3.60. The van der Waals surface area contributed by atoms with Gasteiger partial charge in [0.1, 0.15) is 0 Å². The van der Waals surface area contributed by atoms with E-state index in [1.54, 1.807) is 6.92 Å². The van der Waals surface area contributed by atoms with E-state index in [1.807, 2.05) is 0 Å². The van der Waals surface area contributed by atoms with Crippen LogP contribution in [0.5, 0.6) is 0 Å². The van der Waals surface area contributed by atoms with Crippen LogP contribution < -0.4 is 0 Å². The molecular weight excluding hydrogens is 195 g/mol. The van der Waals surface area contributed by atoms with Crippen molar-refractivity contribution in [3.63, 3.8) is 0 Å². The van der Waals surface area contributed by atoms with Gasteiger partial charge in [-0.3, -0.25) is 0 Å². The van der Waals surface area contributed by atoms with Gasteiger partial charge in [-0.25, -0.2) is 4.39 Å². The number of halogens is 1. The van der Waals surface area contributed by atoms with Crippen molar-refractivity contribution in [3.8, 4) is 0 Å². The number of aliphatic hydroxyl groups is 1. The van der Waals surface area contributed by atoms with E-state index in [0.29, 0.717) is 12.5 Å². The Kier molecular flexibility index (Phi) is 5.00. The molecule has 0 aromatic carbocycles. The molecule has 0 heterocycles. The quantitative estimate of drug-likeness (QED) is 0.719. The maximum atomic E-state index is 13.6. The number of hydrogen-bond acceptors (Lipinski definition) is 2. The lowest BCUT2D eigenvalue weighted by Gasteiger charge is -2.28. The highest BCUT2D eigenvalue weighted by molar-refractivity contribution is 4.75. The third-order valence-electron chi connectivity index (χ3n) is 3.42. The van der Waals surface area contributed by atoms with E-state index in [1.165, 1.54) is 26.2 Å². The Morgan fingerprint density at radius 3 is 2.53 bits per heavy atom. The van der Waals surface area contributed by atoms with Gasteiger partial charge in [0.2, 0.25) is 0 Å². The molecule has 1 aliphatic rings. The van der Waals surface area contributed by atoms with Crippen molar-refractivity contribution in [1.29, 1.82) is 0 Å². The molecule has 0 aromatic heterocycles. The zero-order valence-corrected chi connectivity index (χ0v) is 9.84. The van der Waals surface area contributed by atoms with E-state index in [2.05, 4.69) is 0 Å². The second kappa shape index (κ2) is 5.80. The maximum absolute atomic E-state index is 13.6. The van der Waals surface area contributed by atoms with Gasteiger partial charge in [-0.15, -0.1) is 0 Å². The highest BCUT2D eigenvalue weighted by Crippen LogP contribution is 2.26. The molecule has 0 saturated heterocycles. The zero-order valence-electron chi connectivity index (χ0n) is 9.84. The molecule has 0 aromatic rings. The van der Waals surface area contributed by atoms with Crippen LogP contribution in [0.4, 0.5) is 4.39 Å². The summed E-state index contributed by atoms with van der Waals surface area (Å²) in [4.78, 5) is 0. The number of aliphatic hydroxyl groups excluding tert-OH is 1. The Morgan fingerprint density at radius 2 is 2.00 bits per heavy atom. The van der Waals surface area contributed by atoms with Gasteiger partial charge in [-0.05, 0) is 32.1 Å². The Bertz CT molecular complexity index is 176. The van der Waals surface area contributed by atoms with Crippen molar-refractivity contribution in [1.82, 2.24) is 0 Å². The summed E-state index contributed by atoms with van der Waals surface area (Å²) in [6, 6.07) is 0. The lowest BCUT2D eigenvalue weighted by Crippen LogP contribution is -2.37. The fraction of sp³-hybridized carbons (Fsp3) is 1.00. The summed E-state index contributed by atoms with van der Waals surface area (Å²) in [6.07, 6.45) is 5.09. The second-order valence-electron chi connectivity index (χ2n) is 4.82. The van der Waals surface area contributed by atoms with Crippen LogP contribution in [-0.2, 0) is 4.74 Å². The molecule has 15 heavy (non-hydrogen) atoms. The minimum atomic E-state index is -1.62. The standard InChI is InChI=1S/C12H23FO2/c1-3-12(2,13)11(14)15-9-10-7-5-4-6-8-10/h10-11,14H,3-9H2,1-2H3. The molecular formula is C12H23FO2. The molecule has 2 atom stereocenters. The fourth-order valence-electron chi connectivity index (χ4n) is 1.93. The van der Waals surface area contributed by atoms with Crippen LogP contribution in [0.15, 0.2) is 0 Å². The fourth-order valence-corrected chi connectivity index (χ4v) is 1.93. The van der Waals surface area contributed by atoms with Gasteiger partial charge in [0.05, 0.1) is 6.61 Å². The van der Waals surface area contributed by atoms with E-state index < -0.39 is 12.0 Å². The monoisotopic (exact) mass is 218 g/mol. The van der Waals surface area contributed by atoms with Crippen LogP contribution >= 0.6 is 0 Å². The van der Waals surface area contributed by atoms with Gasteiger partial charge < -0.3 is 9.84 Å². The molecule has 1 fully saturated rings. The van der Waals surface area contributed by atoms with Crippen molar-refractivity contribution in [3.05, 3.63) is 0 Å². The molecule has 1 aliphatic carbocycles. The minimum absolute atomic E-state index is 0.277. The topological polar surface area (TPSA) is 29.5 Å². The van der Waals surface area contributed by atoms with E-state index in [4.69, 9.17) is 4.74 Å². The van der Waals surface area contributed by atoms with Crippen LogP contribution in [0.2, 0.25) is 0 Å². The molecule has 0 bridgehead atoms. The first-order chi connectivity index (χ1) is 7.06. The van der Waals surface area contributed by atoms with Crippen LogP contribution in [-0.4, -0.2) is 23.7 Å². The van der Waals surface area contributed by atoms with Crippen molar-refractivity contribution in [2.45, 2.75) is 64.3 Å². The minimum Gasteiger partial charge on any atom is -0.365 e. The lowest BCUT2D eigenvalue weighted by molar-refractivity contribution is -0.185. The van der Waals surface area contributed by atoms with Gasteiger partial charge in [-0.1, -0.05) is 26.2 Å². The number of alkyl halides is 1. The Morgan fingerprint density at radius 1 is 1.40 bits per heavy atom. The predicted molar refractivity (Wildman–Crippen MR) is 58.3 cm³/mol. The summed E-state index contributed by atoms with van der Waals surface area (Å²) < 4.78 is 18.8.